The van der Waals surface area contributed by atoms with Crippen LogP contribution in [-0.4, -0.2) is 79.0 Å². The van der Waals surface area contributed by atoms with Gasteiger partial charge in [-0.3, -0.25) is 20.5 Å². The fourth-order valence-corrected chi connectivity index (χ4v) is 2.32. The first-order valence-electron chi connectivity index (χ1n) is 7.19. The van der Waals surface area contributed by atoms with Crippen LogP contribution < -0.4 is 11.3 Å². The molecule has 2 rings (SSSR count). The Morgan fingerprint density at radius 1 is 1.38 bits per heavy atom. The lowest BCUT2D eigenvalue weighted by atomic mass is 10.2. The zero-order valence-corrected chi connectivity index (χ0v) is 12.7. The zero-order chi connectivity index (χ0) is 15.2. The van der Waals surface area contributed by atoms with Crippen LogP contribution in [0, 0.1) is 0 Å². The Hall–Kier alpha value is -1.70. The lowest BCUT2D eigenvalue weighted by molar-refractivity contribution is 0.0624. The highest BCUT2D eigenvalue weighted by Crippen LogP contribution is 2.11. The number of anilines is 1. The molecule has 1 aromatic rings. The van der Waals surface area contributed by atoms with Crippen molar-refractivity contribution in [3.63, 3.8) is 0 Å². The number of carbonyl (C=O) groups excluding carboxylic acids is 1. The molecule has 116 valence electrons. The van der Waals surface area contributed by atoms with Gasteiger partial charge in [0.25, 0.3) is 5.91 Å². The Kier molecular flexibility index (Phi) is 5.49. The van der Waals surface area contributed by atoms with Crippen molar-refractivity contribution >= 4 is 11.6 Å². The van der Waals surface area contributed by atoms with E-state index in [1.54, 1.807) is 18.3 Å². The van der Waals surface area contributed by atoms with Crippen LogP contribution in [0.4, 0.5) is 5.69 Å². The molecule has 0 atom stereocenters. The first-order valence-corrected chi connectivity index (χ1v) is 7.19. The van der Waals surface area contributed by atoms with Crippen LogP contribution >= 0.6 is 0 Å². The van der Waals surface area contributed by atoms with E-state index in [-0.39, 0.29) is 5.91 Å². The van der Waals surface area contributed by atoms with Crippen LogP contribution in [-0.2, 0) is 0 Å². The number of carbonyl (C=O) groups is 1. The van der Waals surface area contributed by atoms with Gasteiger partial charge in [0, 0.05) is 45.5 Å². The molecule has 1 fully saturated rings. The second-order valence-electron chi connectivity index (χ2n) is 5.51. The van der Waals surface area contributed by atoms with Crippen LogP contribution in [0.3, 0.4) is 0 Å². The van der Waals surface area contributed by atoms with Gasteiger partial charge in [-0.25, -0.2) is 0 Å². The number of aromatic nitrogens is 1. The summed E-state index contributed by atoms with van der Waals surface area (Å²) in [6.07, 6.45) is 1.59. The molecule has 0 aromatic carbocycles. The summed E-state index contributed by atoms with van der Waals surface area (Å²) in [6, 6.07) is 3.41. The summed E-state index contributed by atoms with van der Waals surface area (Å²) in [7, 11) is 4.15. The Morgan fingerprint density at radius 3 is 2.71 bits per heavy atom. The summed E-state index contributed by atoms with van der Waals surface area (Å²) in [6.45, 7) is 5.39. The summed E-state index contributed by atoms with van der Waals surface area (Å²) < 4.78 is 0. The minimum Gasteiger partial charge on any atom is -0.335 e. The number of nitrogens with one attached hydrogen (secondary N) is 1. The fourth-order valence-electron chi connectivity index (χ4n) is 2.32. The molecular weight excluding hydrogens is 268 g/mol. The lowest BCUT2D eigenvalue weighted by Crippen LogP contribution is -2.50. The van der Waals surface area contributed by atoms with Crippen molar-refractivity contribution in [2.24, 2.45) is 5.84 Å². The van der Waals surface area contributed by atoms with Gasteiger partial charge in [0.15, 0.2) is 0 Å². The zero-order valence-electron chi connectivity index (χ0n) is 12.7. The van der Waals surface area contributed by atoms with E-state index in [0.717, 1.165) is 39.3 Å². The second-order valence-corrected chi connectivity index (χ2v) is 5.51. The molecule has 0 saturated carbocycles. The van der Waals surface area contributed by atoms with Crippen LogP contribution in [0.2, 0.25) is 0 Å². The Bertz CT molecular complexity index is 470. The smallest absolute Gasteiger partial charge is 0.272 e. The molecule has 1 amide bonds. The monoisotopic (exact) mass is 292 g/mol. The van der Waals surface area contributed by atoms with Gasteiger partial charge in [-0.05, 0) is 26.2 Å². The predicted octanol–water partition coefficient (Wildman–Crippen LogP) is -0.313. The molecule has 7 heteroatoms. The van der Waals surface area contributed by atoms with Gasteiger partial charge in [0.2, 0.25) is 0 Å². The van der Waals surface area contributed by atoms with Crippen molar-refractivity contribution < 1.29 is 4.79 Å². The van der Waals surface area contributed by atoms with Crippen molar-refractivity contribution in [1.29, 1.82) is 0 Å². The first-order chi connectivity index (χ1) is 10.1. The van der Waals surface area contributed by atoms with E-state index in [2.05, 4.69) is 34.3 Å². The molecule has 3 N–H and O–H groups in total. The average molecular weight is 292 g/mol. The van der Waals surface area contributed by atoms with Crippen molar-refractivity contribution in [3.05, 3.63) is 24.0 Å². The molecule has 0 bridgehead atoms. The van der Waals surface area contributed by atoms with E-state index < -0.39 is 0 Å². The van der Waals surface area contributed by atoms with Gasteiger partial charge < -0.3 is 15.2 Å². The van der Waals surface area contributed by atoms with Crippen LogP contribution in [0.15, 0.2) is 18.3 Å². The largest absolute Gasteiger partial charge is 0.335 e. The summed E-state index contributed by atoms with van der Waals surface area (Å²) in [5, 5.41) is 0. The molecule has 1 aliphatic heterocycles. The number of piperazine rings is 1. The molecule has 7 nitrogen and oxygen atoms in total. The van der Waals surface area contributed by atoms with Crippen molar-refractivity contribution in [2.75, 3.05) is 58.8 Å². The minimum absolute atomic E-state index is 0.0284. The van der Waals surface area contributed by atoms with Crippen LogP contribution in [0.25, 0.3) is 0 Å². The van der Waals surface area contributed by atoms with E-state index in [1.807, 2.05) is 4.90 Å². The molecular formula is C14H24N6O. The first kappa shape index (κ1) is 15.7. The maximum atomic E-state index is 12.4. The normalized spacial score (nSPS) is 16.3. The number of hydrogen-bond donors (Lipinski definition) is 2. The number of hydrogen-bond acceptors (Lipinski definition) is 6. The maximum Gasteiger partial charge on any atom is 0.272 e. The summed E-state index contributed by atoms with van der Waals surface area (Å²) in [4.78, 5) is 23.0. The Balaban J connectivity index is 1.88. The number of nitrogens with zero attached hydrogens (tertiary/aromatic N) is 4. The molecule has 0 unspecified atom stereocenters. The number of pyridine rings is 1. The molecule has 0 aliphatic carbocycles. The average Bonchev–Trinajstić information content (AvgIpc) is 2.52. The number of nitrogens with two attached hydrogens (primary N) is 1. The molecule has 0 spiro atoms. The third-order valence-corrected chi connectivity index (χ3v) is 3.67. The highest BCUT2D eigenvalue weighted by atomic mass is 16.2. The van der Waals surface area contributed by atoms with E-state index in [9.17, 15) is 4.79 Å². The van der Waals surface area contributed by atoms with E-state index in [0.29, 0.717) is 11.4 Å². The minimum atomic E-state index is -0.0284. The summed E-state index contributed by atoms with van der Waals surface area (Å²) in [5.74, 6) is 5.33. The Morgan fingerprint density at radius 2 is 2.10 bits per heavy atom. The van der Waals surface area contributed by atoms with Gasteiger partial charge >= 0.3 is 0 Å². The molecule has 0 radical (unpaired) electrons. The van der Waals surface area contributed by atoms with Gasteiger partial charge in [0.05, 0.1) is 5.69 Å². The number of rotatable bonds is 5. The standard InChI is InChI=1S/C14H24N6O/c1-18(2)5-6-19-7-9-20(10-8-19)14(21)13-11-12(17-15)3-4-16-13/h3-4,11H,5-10,15H2,1-2H3,(H,16,17). The SMILES string of the molecule is CN(C)CCN1CCN(C(=O)c2cc(NN)ccn2)CC1. The third kappa shape index (κ3) is 4.38. The van der Waals surface area contributed by atoms with Crippen LogP contribution in [0.1, 0.15) is 10.5 Å². The second kappa shape index (κ2) is 7.35. The maximum absolute atomic E-state index is 12.4. The van der Waals surface area contributed by atoms with Gasteiger partial charge in [-0.15, -0.1) is 0 Å². The van der Waals surface area contributed by atoms with Gasteiger partial charge in [-0.2, -0.15) is 0 Å². The topological polar surface area (TPSA) is 77.7 Å². The fraction of sp³-hybridized carbons (Fsp3) is 0.571. The highest BCUT2D eigenvalue weighted by molar-refractivity contribution is 5.93. The van der Waals surface area contributed by atoms with Crippen LogP contribution in [0.5, 0.6) is 0 Å². The number of amides is 1. The summed E-state index contributed by atoms with van der Waals surface area (Å²) >= 11 is 0. The van der Waals surface area contributed by atoms with E-state index >= 15 is 0 Å². The van der Waals surface area contributed by atoms with E-state index in [4.69, 9.17) is 5.84 Å². The van der Waals surface area contributed by atoms with Gasteiger partial charge in [-0.1, -0.05) is 0 Å². The van der Waals surface area contributed by atoms with Gasteiger partial charge in [0.1, 0.15) is 5.69 Å². The number of nitrogen functional groups attached to an aromatic ring is 1. The molecule has 1 saturated heterocycles. The summed E-state index contributed by atoms with van der Waals surface area (Å²) in [5.41, 5.74) is 3.67. The number of hydrazine groups is 1. The lowest BCUT2D eigenvalue weighted by Gasteiger charge is -2.35. The molecule has 21 heavy (non-hydrogen) atoms. The van der Waals surface area contributed by atoms with Crippen molar-refractivity contribution in [3.8, 4) is 0 Å². The molecule has 1 aliphatic rings. The van der Waals surface area contributed by atoms with Crippen molar-refractivity contribution in [1.82, 2.24) is 19.7 Å². The number of likely N-dealkylation sites (N-methyl/N-ethyl adjacent to an activating group) is 1. The van der Waals surface area contributed by atoms with Crippen molar-refractivity contribution in [2.45, 2.75) is 0 Å². The predicted molar refractivity (Wildman–Crippen MR) is 82.9 cm³/mol. The van der Waals surface area contributed by atoms with E-state index in [1.165, 1.54) is 0 Å². The quantitative estimate of drug-likeness (QED) is 0.572. The molecule has 2 heterocycles. The Labute approximate surface area is 125 Å². The third-order valence-electron chi connectivity index (χ3n) is 3.67. The highest BCUT2D eigenvalue weighted by Gasteiger charge is 2.22. The molecule has 1 aromatic heterocycles.